The highest BCUT2D eigenvalue weighted by Crippen LogP contribution is 2.20. The average Bonchev–Trinajstić information content (AvgIpc) is 3.28. The smallest absolute Gasteiger partial charge is 0.226 e. The third-order valence-electron chi connectivity index (χ3n) is 4.99. The first-order valence-electron chi connectivity index (χ1n) is 8.65. The molecule has 2 fully saturated rings. The summed E-state index contributed by atoms with van der Waals surface area (Å²) in [6.07, 6.45) is 2.98. The van der Waals surface area contributed by atoms with Gasteiger partial charge in [-0.1, -0.05) is 0 Å². The van der Waals surface area contributed by atoms with Crippen LogP contribution in [0.3, 0.4) is 0 Å². The maximum absolute atomic E-state index is 13.0. The topological polar surface area (TPSA) is 44.5 Å². The summed E-state index contributed by atoms with van der Waals surface area (Å²) in [6, 6.07) is 6.95. The van der Waals surface area contributed by atoms with Crippen LogP contribution in [0.1, 0.15) is 12.1 Å². The second-order valence-corrected chi connectivity index (χ2v) is 6.61. The molecule has 1 aromatic heterocycles. The predicted molar refractivity (Wildman–Crippen MR) is 97.3 cm³/mol. The zero-order valence-corrected chi connectivity index (χ0v) is 15.0. The minimum absolute atomic E-state index is 0. The van der Waals surface area contributed by atoms with E-state index in [1.165, 1.54) is 18.6 Å². The molecule has 3 heterocycles. The van der Waals surface area contributed by atoms with Crippen LogP contribution in [-0.4, -0.2) is 60.1 Å². The summed E-state index contributed by atoms with van der Waals surface area (Å²) in [5, 5.41) is 3.44. The van der Waals surface area contributed by atoms with Crippen LogP contribution < -0.4 is 5.32 Å². The molecule has 1 atom stereocenters. The molecule has 25 heavy (non-hydrogen) atoms. The predicted octanol–water partition coefficient (Wildman–Crippen LogP) is 2.38. The number of nitrogens with one attached hydrogen (secondary N) is 1. The Morgan fingerprint density at radius 2 is 1.92 bits per heavy atom. The van der Waals surface area contributed by atoms with Gasteiger partial charge in [-0.2, -0.15) is 0 Å². The second kappa shape index (κ2) is 8.27. The van der Waals surface area contributed by atoms with Crippen molar-refractivity contribution >= 4 is 12.4 Å². The fourth-order valence-corrected chi connectivity index (χ4v) is 3.57. The first kappa shape index (κ1) is 18.3. The number of piperazine rings is 1. The van der Waals surface area contributed by atoms with Gasteiger partial charge in [0.1, 0.15) is 12.1 Å². The number of hydrogen-bond donors (Lipinski definition) is 1. The number of aromatic nitrogens is 1. The van der Waals surface area contributed by atoms with Gasteiger partial charge in [0.25, 0.3) is 0 Å². The van der Waals surface area contributed by atoms with Crippen molar-refractivity contribution in [1.82, 2.24) is 20.1 Å². The Labute approximate surface area is 153 Å². The largest absolute Gasteiger partial charge is 0.444 e. The van der Waals surface area contributed by atoms with Crippen molar-refractivity contribution in [3.05, 3.63) is 42.0 Å². The van der Waals surface area contributed by atoms with Crippen LogP contribution in [-0.2, 0) is 6.54 Å². The summed E-state index contributed by atoms with van der Waals surface area (Å²) in [4.78, 5) is 9.57. The van der Waals surface area contributed by atoms with E-state index in [9.17, 15) is 4.39 Å². The molecule has 0 saturated carbocycles. The van der Waals surface area contributed by atoms with Crippen LogP contribution in [0.2, 0.25) is 0 Å². The van der Waals surface area contributed by atoms with E-state index in [1.54, 1.807) is 18.4 Å². The molecule has 2 aliphatic heterocycles. The lowest BCUT2D eigenvalue weighted by molar-refractivity contribution is 0.0973. The molecule has 2 aromatic rings. The third kappa shape index (κ3) is 4.39. The monoisotopic (exact) mass is 366 g/mol. The second-order valence-electron chi connectivity index (χ2n) is 6.61. The van der Waals surface area contributed by atoms with Crippen molar-refractivity contribution < 1.29 is 8.81 Å². The Balaban J connectivity index is 0.00000182. The van der Waals surface area contributed by atoms with Crippen molar-refractivity contribution in [2.75, 3.05) is 39.3 Å². The number of benzene rings is 1. The van der Waals surface area contributed by atoms with Crippen molar-refractivity contribution in [1.29, 1.82) is 0 Å². The minimum atomic E-state index is -0.249. The van der Waals surface area contributed by atoms with Gasteiger partial charge in [-0.25, -0.2) is 9.37 Å². The normalized spacial score (nSPS) is 22.0. The Morgan fingerprint density at radius 1 is 1.16 bits per heavy atom. The van der Waals surface area contributed by atoms with E-state index in [0.717, 1.165) is 57.1 Å². The van der Waals surface area contributed by atoms with Gasteiger partial charge >= 0.3 is 0 Å². The quantitative estimate of drug-likeness (QED) is 0.900. The van der Waals surface area contributed by atoms with Crippen LogP contribution in [0, 0.1) is 5.82 Å². The molecule has 2 aliphatic rings. The van der Waals surface area contributed by atoms with E-state index < -0.39 is 0 Å². The van der Waals surface area contributed by atoms with Gasteiger partial charge in [-0.15, -0.1) is 12.4 Å². The molecule has 1 unspecified atom stereocenters. The molecule has 0 amide bonds. The Hall–Kier alpha value is -1.47. The summed E-state index contributed by atoms with van der Waals surface area (Å²) >= 11 is 0. The molecule has 0 aliphatic carbocycles. The molecule has 4 rings (SSSR count). The standard InChI is InChI=1S/C18H23FN4O.ClH/c19-15-3-1-14(2-4-15)18-21-16(13-24-18)12-22-7-9-23(10-8-22)17-5-6-20-11-17;/h1-4,13,17,20H,5-12H2;1H. The van der Waals surface area contributed by atoms with Crippen LogP contribution in [0.15, 0.2) is 34.9 Å². The van der Waals surface area contributed by atoms with E-state index >= 15 is 0 Å². The highest BCUT2D eigenvalue weighted by molar-refractivity contribution is 5.85. The summed E-state index contributed by atoms with van der Waals surface area (Å²) < 4.78 is 18.6. The summed E-state index contributed by atoms with van der Waals surface area (Å²) in [5.74, 6) is 0.307. The molecule has 1 N–H and O–H groups in total. The van der Waals surface area contributed by atoms with Gasteiger partial charge in [0.2, 0.25) is 5.89 Å². The average molecular weight is 367 g/mol. The van der Waals surface area contributed by atoms with Crippen LogP contribution in [0.4, 0.5) is 4.39 Å². The fraction of sp³-hybridized carbons (Fsp3) is 0.500. The molecule has 136 valence electrons. The van der Waals surface area contributed by atoms with Crippen molar-refractivity contribution in [2.45, 2.75) is 19.0 Å². The lowest BCUT2D eigenvalue weighted by Gasteiger charge is -2.37. The SMILES string of the molecule is Cl.Fc1ccc(-c2nc(CN3CCN(C4CCNC4)CC3)co2)cc1. The summed E-state index contributed by atoms with van der Waals surface area (Å²) in [6.45, 7) is 7.45. The first-order chi connectivity index (χ1) is 11.8. The lowest BCUT2D eigenvalue weighted by Crippen LogP contribution is -2.50. The Morgan fingerprint density at radius 3 is 2.60 bits per heavy atom. The first-order valence-corrected chi connectivity index (χ1v) is 8.65. The van der Waals surface area contributed by atoms with E-state index in [-0.39, 0.29) is 18.2 Å². The molecular formula is C18H24ClFN4O. The minimum Gasteiger partial charge on any atom is -0.444 e. The number of halogens is 2. The summed E-state index contributed by atoms with van der Waals surface area (Å²) in [5.41, 5.74) is 1.74. The van der Waals surface area contributed by atoms with Gasteiger partial charge < -0.3 is 9.73 Å². The van der Waals surface area contributed by atoms with Crippen LogP contribution in [0.25, 0.3) is 11.5 Å². The number of hydrogen-bond acceptors (Lipinski definition) is 5. The Kier molecular flexibility index (Phi) is 6.06. The molecule has 5 nitrogen and oxygen atoms in total. The van der Waals surface area contributed by atoms with E-state index in [2.05, 4.69) is 20.1 Å². The van der Waals surface area contributed by atoms with Gasteiger partial charge in [-0.05, 0) is 37.2 Å². The molecule has 2 saturated heterocycles. The van der Waals surface area contributed by atoms with Crippen molar-refractivity contribution in [3.8, 4) is 11.5 Å². The van der Waals surface area contributed by atoms with Crippen LogP contribution >= 0.6 is 12.4 Å². The third-order valence-corrected chi connectivity index (χ3v) is 4.99. The molecule has 7 heteroatoms. The molecule has 1 aromatic carbocycles. The molecule has 0 bridgehead atoms. The van der Waals surface area contributed by atoms with Crippen molar-refractivity contribution in [2.24, 2.45) is 0 Å². The van der Waals surface area contributed by atoms with Gasteiger partial charge in [0.05, 0.1) is 5.69 Å². The Bertz CT molecular complexity index is 664. The molecule has 0 radical (unpaired) electrons. The van der Waals surface area contributed by atoms with Gasteiger partial charge in [0.15, 0.2) is 0 Å². The van der Waals surface area contributed by atoms with Gasteiger partial charge in [0, 0.05) is 50.9 Å². The molecule has 0 spiro atoms. The maximum atomic E-state index is 13.0. The maximum Gasteiger partial charge on any atom is 0.226 e. The fourth-order valence-electron chi connectivity index (χ4n) is 3.57. The number of rotatable bonds is 4. The zero-order valence-electron chi connectivity index (χ0n) is 14.2. The summed E-state index contributed by atoms with van der Waals surface area (Å²) in [7, 11) is 0. The van der Waals surface area contributed by atoms with E-state index in [4.69, 9.17) is 4.42 Å². The molecular weight excluding hydrogens is 343 g/mol. The van der Waals surface area contributed by atoms with E-state index in [0.29, 0.717) is 11.9 Å². The van der Waals surface area contributed by atoms with E-state index in [1.807, 2.05) is 0 Å². The number of oxazole rings is 1. The zero-order chi connectivity index (χ0) is 16.4. The lowest BCUT2D eigenvalue weighted by atomic mass is 10.2. The van der Waals surface area contributed by atoms with Crippen molar-refractivity contribution in [3.63, 3.8) is 0 Å². The van der Waals surface area contributed by atoms with Gasteiger partial charge in [-0.3, -0.25) is 9.80 Å². The highest BCUT2D eigenvalue weighted by atomic mass is 35.5. The van der Waals surface area contributed by atoms with Crippen LogP contribution in [0.5, 0.6) is 0 Å². The highest BCUT2D eigenvalue weighted by Gasteiger charge is 2.26. The number of nitrogens with zero attached hydrogens (tertiary/aromatic N) is 3.